The molecule has 0 bridgehead atoms. The largest absolute Gasteiger partial charge is 0.416 e. The van der Waals surface area contributed by atoms with Crippen molar-refractivity contribution in [2.75, 3.05) is 0 Å². The fraction of sp³-hybridized carbons (Fsp3) is 0.286. The van der Waals surface area contributed by atoms with Crippen molar-refractivity contribution in [2.24, 2.45) is 0 Å². The van der Waals surface area contributed by atoms with Crippen LogP contribution >= 0.6 is 11.6 Å². The van der Waals surface area contributed by atoms with Crippen molar-refractivity contribution in [1.82, 2.24) is 34.1 Å². The maximum Gasteiger partial charge on any atom is 0.416 e. The molecule has 1 aromatic carbocycles. The molecule has 2 atom stereocenters. The van der Waals surface area contributed by atoms with Crippen LogP contribution in [0.1, 0.15) is 24.7 Å². The molecule has 0 spiro atoms. The van der Waals surface area contributed by atoms with Crippen LogP contribution in [0.3, 0.4) is 0 Å². The Kier molecular flexibility index (Phi) is 6.93. The number of aliphatic hydroxyl groups excluding tert-OH is 2. The van der Waals surface area contributed by atoms with Crippen LogP contribution in [0.4, 0.5) is 17.6 Å². The topological polar surface area (TPSA) is 124 Å². The molecule has 0 radical (unpaired) electrons. The number of aliphatic hydroxyl groups is 2. The third kappa shape index (κ3) is 5.15. The Morgan fingerprint density at radius 2 is 1.81 bits per heavy atom. The predicted molar refractivity (Wildman–Crippen MR) is 118 cm³/mol. The number of aromatic nitrogens is 7. The molecule has 190 valence electrons. The molecule has 36 heavy (non-hydrogen) atoms. The van der Waals surface area contributed by atoms with E-state index in [0.717, 1.165) is 15.4 Å². The molecule has 2 N–H and O–H groups in total. The Balaban J connectivity index is 1.78. The highest BCUT2D eigenvalue weighted by molar-refractivity contribution is 6.30. The van der Waals surface area contributed by atoms with Gasteiger partial charge in [0.05, 0.1) is 6.54 Å². The fourth-order valence-electron chi connectivity index (χ4n) is 3.33. The number of hydrogen-bond donors (Lipinski definition) is 2. The normalized spacial score (nSPS) is 13.7. The summed E-state index contributed by atoms with van der Waals surface area (Å²) in [4.78, 5) is 21.0. The van der Waals surface area contributed by atoms with Gasteiger partial charge in [-0.1, -0.05) is 11.6 Å². The molecule has 0 amide bonds. The van der Waals surface area contributed by atoms with E-state index in [1.54, 1.807) is 0 Å². The van der Waals surface area contributed by atoms with Crippen molar-refractivity contribution in [3.8, 4) is 17.2 Å². The zero-order valence-corrected chi connectivity index (χ0v) is 19.2. The summed E-state index contributed by atoms with van der Waals surface area (Å²) < 4.78 is 55.8. The third-order valence-electron chi connectivity index (χ3n) is 5.04. The maximum atomic E-state index is 14.3. The Labute approximate surface area is 205 Å². The molecule has 3 aromatic heterocycles. The van der Waals surface area contributed by atoms with E-state index in [-0.39, 0.29) is 28.9 Å². The Morgan fingerprint density at radius 3 is 2.42 bits per heavy atom. The number of alkyl halides is 3. The molecule has 15 heteroatoms. The van der Waals surface area contributed by atoms with Crippen LogP contribution in [0.25, 0.3) is 17.2 Å². The van der Waals surface area contributed by atoms with Crippen molar-refractivity contribution >= 4 is 11.6 Å². The monoisotopic (exact) mass is 527 g/mol. The minimum atomic E-state index is -4.97. The standard InChI is InChI=1S/C21H18ClF4N7O3/c1-11(34)17-28-16(29-33(17)19-14(23)3-2-8-27-19)10-32-20(36)31(9-15(35)21(24,25)26)18(30-32)12-4-6-13(22)7-5-12/h2-8,11,15,34-35H,9-10H2,1H3/t11-,15-/m0/s1. The molecular weight excluding hydrogens is 510 g/mol. The molecule has 0 fully saturated rings. The fourth-order valence-corrected chi connectivity index (χ4v) is 3.45. The van der Waals surface area contributed by atoms with Gasteiger partial charge in [-0.25, -0.2) is 23.8 Å². The number of pyridine rings is 1. The molecule has 0 aliphatic heterocycles. The Bertz CT molecular complexity index is 1430. The van der Waals surface area contributed by atoms with Crippen LogP contribution in [0.5, 0.6) is 0 Å². The molecule has 0 aliphatic carbocycles. The number of hydrogen-bond acceptors (Lipinski definition) is 7. The number of benzene rings is 1. The van der Waals surface area contributed by atoms with Crippen LogP contribution in [-0.4, -0.2) is 56.6 Å². The van der Waals surface area contributed by atoms with Gasteiger partial charge in [0.15, 0.2) is 35.2 Å². The first-order valence-corrected chi connectivity index (χ1v) is 10.8. The Morgan fingerprint density at radius 1 is 1.11 bits per heavy atom. The minimum Gasteiger partial charge on any atom is -0.385 e. The molecule has 4 rings (SSSR count). The summed E-state index contributed by atoms with van der Waals surface area (Å²) >= 11 is 5.88. The number of rotatable bonds is 7. The van der Waals surface area contributed by atoms with Crippen LogP contribution in [0, 0.1) is 5.82 Å². The molecule has 0 saturated heterocycles. The van der Waals surface area contributed by atoms with Gasteiger partial charge < -0.3 is 10.2 Å². The highest BCUT2D eigenvalue weighted by atomic mass is 35.5. The van der Waals surface area contributed by atoms with Crippen LogP contribution in [0.15, 0.2) is 47.4 Å². The molecule has 0 unspecified atom stereocenters. The first-order chi connectivity index (χ1) is 17.0. The van der Waals surface area contributed by atoms with Crippen molar-refractivity contribution < 1.29 is 27.8 Å². The quantitative estimate of drug-likeness (QED) is 0.354. The zero-order chi connectivity index (χ0) is 26.2. The van der Waals surface area contributed by atoms with Gasteiger partial charge in [-0.15, -0.1) is 10.2 Å². The number of nitrogens with zero attached hydrogens (tertiary/aromatic N) is 7. The van der Waals surface area contributed by atoms with Gasteiger partial charge in [0.25, 0.3) is 0 Å². The zero-order valence-electron chi connectivity index (χ0n) is 18.4. The molecule has 0 aliphatic rings. The van der Waals surface area contributed by atoms with Crippen molar-refractivity contribution in [2.45, 2.75) is 38.4 Å². The first kappa shape index (κ1) is 25.5. The minimum absolute atomic E-state index is 0.0829. The van der Waals surface area contributed by atoms with E-state index < -0.39 is 43.0 Å². The van der Waals surface area contributed by atoms with Crippen molar-refractivity contribution in [1.29, 1.82) is 0 Å². The molecule has 4 aromatic rings. The average molecular weight is 528 g/mol. The summed E-state index contributed by atoms with van der Waals surface area (Å²) in [7, 11) is 0. The number of halogens is 5. The summed E-state index contributed by atoms with van der Waals surface area (Å²) in [5.74, 6) is -1.34. The van der Waals surface area contributed by atoms with Crippen LogP contribution < -0.4 is 5.69 Å². The summed E-state index contributed by atoms with van der Waals surface area (Å²) in [6.45, 7) is -0.181. The van der Waals surface area contributed by atoms with E-state index in [0.29, 0.717) is 9.59 Å². The second-order valence-corrected chi connectivity index (χ2v) is 8.16. The second kappa shape index (κ2) is 9.79. The van der Waals surface area contributed by atoms with Gasteiger partial charge >= 0.3 is 11.9 Å². The lowest BCUT2D eigenvalue weighted by Crippen LogP contribution is -2.37. The molecule has 3 heterocycles. The van der Waals surface area contributed by atoms with Gasteiger partial charge in [-0.3, -0.25) is 4.57 Å². The van der Waals surface area contributed by atoms with E-state index in [1.807, 2.05) is 0 Å². The van der Waals surface area contributed by atoms with E-state index in [2.05, 4.69) is 20.2 Å². The van der Waals surface area contributed by atoms with E-state index in [9.17, 15) is 32.6 Å². The summed E-state index contributed by atoms with van der Waals surface area (Å²) in [6.07, 6.45) is -7.70. The van der Waals surface area contributed by atoms with Gasteiger partial charge in [0, 0.05) is 16.8 Å². The second-order valence-electron chi connectivity index (χ2n) is 7.72. The lowest BCUT2D eigenvalue weighted by atomic mass is 10.2. The SMILES string of the molecule is C[C@H](O)c1nc(Cn2nc(-c3ccc(Cl)cc3)n(C[C@H](O)C(F)(F)F)c2=O)nn1-c1ncccc1F. The van der Waals surface area contributed by atoms with Gasteiger partial charge in [-0.2, -0.15) is 17.9 Å². The summed E-state index contributed by atoms with van der Waals surface area (Å²) in [5, 5.41) is 28.2. The van der Waals surface area contributed by atoms with Crippen molar-refractivity contribution in [3.63, 3.8) is 0 Å². The van der Waals surface area contributed by atoms with E-state index >= 15 is 0 Å². The predicted octanol–water partition coefficient (Wildman–Crippen LogP) is 2.50. The average Bonchev–Trinajstić information content (AvgIpc) is 3.36. The maximum absolute atomic E-state index is 14.3. The van der Waals surface area contributed by atoms with E-state index in [1.165, 1.54) is 43.5 Å². The highest BCUT2D eigenvalue weighted by Gasteiger charge is 2.39. The molecular formula is C21H18ClF4N7O3. The lowest BCUT2D eigenvalue weighted by Gasteiger charge is -2.15. The van der Waals surface area contributed by atoms with Crippen LogP contribution in [-0.2, 0) is 13.1 Å². The van der Waals surface area contributed by atoms with Crippen LogP contribution in [0.2, 0.25) is 5.02 Å². The molecule has 0 saturated carbocycles. The first-order valence-electron chi connectivity index (χ1n) is 10.4. The van der Waals surface area contributed by atoms with E-state index in [4.69, 9.17) is 11.6 Å². The van der Waals surface area contributed by atoms with Gasteiger partial charge in [0.2, 0.25) is 0 Å². The smallest absolute Gasteiger partial charge is 0.385 e. The molecule has 10 nitrogen and oxygen atoms in total. The highest BCUT2D eigenvalue weighted by Crippen LogP contribution is 2.24. The summed E-state index contributed by atoms with van der Waals surface area (Å²) in [6, 6.07) is 8.32. The third-order valence-corrected chi connectivity index (χ3v) is 5.29. The van der Waals surface area contributed by atoms with Crippen molar-refractivity contribution in [3.05, 3.63) is 75.6 Å². The van der Waals surface area contributed by atoms with Gasteiger partial charge in [-0.05, 0) is 43.3 Å². The Hall–Kier alpha value is -3.62. The lowest BCUT2D eigenvalue weighted by molar-refractivity contribution is -0.207. The summed E-state index contributed by atoms with van der Waals surface area (Å²) in [5.41, 5.74) is -0.717. The van der Waals surface area contributed by atoms with Gasteiger partial charge in [0.1, 0.15) is 12.6 Å².